The summed E-state index contributed by atoms with van der Waals surface area (Å²) in [5.41, 5.74) is 0.816. The summed E-state index contributed by atoms with van der Waals surface area (Å²) < 4.78 is 10.5. The van der Waals surface area contributed by atoms with Gasteiger partial charge >= 0.3 is 0 Å². The van der Waals surface area contributed by atoms with Gasteiger partial charge in [0, 0.05) is 18.5 Å². The molecule has 0 saturated heterocycles. The first-order valence-electron chi connectivity index (χ1n) is 7.28. The highest BCUT2D eigenvalue weighted by Crippen LogP contribution is 2.34. The topological polar surface area (TPSA) is 90.4 Å². The van der Waals surface area contributed by atoms with E-state index in [9.17, 15) is 9.59 Å². The molecular weight excluding hydrogens is 342 g/mol. The van der Waals surface area contributed by atoms with Gasteiger partial charge in [0.2, 0.25) is 11.6 Å². The molecular formula is C17H15N3O4S. The number of Topliss-reactive ketones (excluding diaryl/α,β-unsaturated/α-hetero) is 2. The Morgan fingerprint density at radius 1 is 1.00 bits per heavy atom. The molecule has 25 heavy (non-hydrogen) atoms. The molecule has 128 valence electrons. The molecule has 0 saturated carbocycles. The molecule has 0 bridgehead atoms. The maximum absolute atomic E-state index is 12.8. The number of carbonyl (C=O) groups excluding carboxylic acids is 2. The summed E-state index contributed by atoms with van der Waals surface area (Å²) in [6.07, 6.45) is 4.52. The van der Waals surface area contributed by atoms with Gasteiger partial charge in [0.05, 0.1) is 24.8 Å². The molecule has 0 atom stereocenters. The number of benzene rings is 1. The summed E-state index contributed by atoms with van der Waals surface area (Å²) in [6.45, 7) is 0. The molecule has 0 amide bonds. The molecule has 0 aliphatic heterocycles. The number of thioether (sulfide) groups is 1. The average Bonchev–Trinajstić information content (AvgIpc) is 2.66. The third-order valence-electron chi connectivity index (χ3n) is 3.66. The molecule has 0 unspecified atom stereocenters. The summed E-state index contributed by atoms with van der Waals surface area (Å²) in [5, 5.41) is 3.01. The average molecular weight is 357 g/mol. The summed E-state index contributed by atoms with van der Waals surface area (Å²) in [6, 6.07) is 5.13. The van der Waals surface area contributed by atoms with Crippen molar-refractivity contribution in [3.63, 3.8) is 0 Å². The number of anilines is 1. The molecule has 1 aromatic carbocycles. The lowest BCUT2D eigenvalue weighted by molar-refractivity contribution is 0.0975. The zero-order chi connectivity index (χ0) is 18.0. The first-order chi connectivity index (χ1) is 12.1. The SMILES string of the molecule is COc1ccc(NC2=C(SC)C(=O)c3nccnc3C2=O)c(OC)c1. The van der Waals surface area contributed by atoms with Crippen LogP contribution in [0.4, 0.5) is 5.69 Å². The van der Waals surface area contributed by atoms with Crippen molar-refractivity contribution in [2.24, 2.45) is 0 Å². The van der Waals surface area contributed by atoms with Crippen LogP contribution in [-0.2, 0) is 0 Å². The van der Waals surface area contributed by atoms with Crippen LogP contribution >= 0.6 is 11.8 Å². The molecule has 8 heteroatoms. The van der Waals surface area contributed by atoms with E-state index in [1.54, 1.807) is 31.6 Å². The highest BCUT2D eigenvalue weighted by Gasteiger charge is 2.34. The quantitative estimate of drug-likeness (QED) is 0.873. The van der Waals surface area contributed by atoms with Crippen LogP contribution in [0.5, 0.6) is 11.5 Å². The monoisotopic (exact) mass is 357 g/mol. The van der Waals surface area contributed by atoms with Gasteiger partial charge in [0.1, 0.15) is 28.6 Å². The Balaban J connectivity index is 2.07. The molecule has 7 nitrogen and oxygen atoms in total. The van der Waals surface area contributed by atoms with E-state index in [0.29, 0.717) is 17.2 Å². The van der Waals surface area contributed by atoms with Crippen LogP contribution in [0.3, 0.4) is 0 Å². The van der Waals surface area contributed by atoms with Gasteiger partial charge in [0.15, 0.2) is 0 Å². The molecule has 1 heterocycles. The number of hydrogen-bond acceptors (Lipinski definition) is 8. The lowest BCUT2D eigenvalue weighted by Crippen LogP contribution is -2.27. The molecule has 3 rings (SSSR count). The minimum atomic E-state index is -0.384. The molecule has 0 spiro atoms. The van der Waals surface area contributed by atoms with Crippen LogP contribution in [0, 0.1) is 0 Å². The second-order valence-electron chi connectivity index (χ2n) is 5.01. The predicted molar refractivity (Wildman–Crippen MR) is 94.4 cm³/mol. The van der Waals surface area contributed by atoms with Crippen LogP contribution in [0.2, 0.25) is 0 Å². The van der Waals surface area contributed by atoms with Gasteiger partial charge < -0.3 is 14.8 Å². The Morgan fingerprint density at radius 2 is 1.68 bits per heavy atom. The number of aromatic nitrogens is 2. The Labute approximate surface area is 148 Å². The second kappa shape index (κ2) is 6.94. The third kappa shape index (κ3) is 2.96. The Kier molecular flexibility index (Phi) is 4.71. The van der Waals surface area contributed by atoms with E-state index in [0.717, 1.165) is 0 Å². The summed E-state index contributed by atoms with van der Waals surface area (Å²) in [4.78, 5) is 33.7. The van der Waals surface area contributed by atoms with Crippen LogP contribution < -0.4 is 14.8 Å². The van der Waals surface area contributed by atoms with Crippen molar-refractivity contribution in [3.05, 3.63) is 52.6 Å². The van der Waals surface area contributed by atoms with E-state index >= 15 is 0 Å². The Morgan fingerprint density at radius 3 is 2.28 bits per heavy atom. The second-order valence-corrected chi connectivity index (χ2v) is 5.83. The number of carbonyl (C=O) groups is 2. The number of hydrogen-bond donors (Lipinski definition) is 1. The number of ketones is 2. The van der Waals surface area contributed by atoms with Gasteiger partial charge in [-0.3, -0.25) is 9.59 Å². The zero-order valence-corrected chi connectivity index (χ0v) is 14.6. The largest absolute Gasteiger partial charge is 0.497 e. The van der Waals surface area contributed by atoms with Crippen LogP contribution in [0.15, 0.2) is 41.2 Å². The molecule has 1 aromatic heterocycles. The fraction of sp³-hybridized carbons (Fsp3) is 0.176. The summed E-state index contributed by atoms with van der Waals surface area (Å²) >= 11 is 1.18. The maximum Gasteiger partial charge on any atom is 0.231 e. The van der Waals surface area contributed by atoms with E-state index in [1.807, 2.05) is 0 Å². The Bertz CT molecular complexity index is 895. The molecule has 1 N–H and O–H groups in total. The van der Waals surface area contributed by atoms with E-state index < -0.39 is 0 Å². The molecule has 2 aromatic rings. The molecule has 1 aliphatic rings. The highest BCUT2D eigenvalue weighted by atomic mass is 32.2. The number of methoxy groups -OCH3 is 2. The van der Waals surface area contributed by atoms with Gasteiger partial charge in [-0.1, -0.05) is 0 Å². The van der Waals surface area contributed by atoms with Crippen molar-refractivity contribution in [1.29, 1.82) is 0 Å². The fourth-order valence-electron chi connectivity index (χ4n) is 2.46. The van der Waals surface area contributed by atoms with Gasteiger partial charge in [-0.15, -0.1) is 11.8 Å². The molecule has 0 fully saturated rings. The fourth-order valence-corrected chi connectivity index (χ4v) is 3.09. The normalized spacial score (nSPS) is 13.6. The minimum absolute atomic E-state index is 0.0419. The molecule has 0 radical (unpaired) electrons. The predicted octanol–water partition coefficient (Wildman–Crippen LogP) is 2.56. The standard InChI is InChI=1S/C17H15N3O4S/c1-23-9-4-5-10(11(8-9)24-2)20-14-15(21)12-13(19-7-6-18-12)16(22)17(14)25-3/h4-8,20H,1-3H3. The van der Waals surface area contributed by atoms with E-state index in [-0.39, 0.29) is 33.6 Å². The summed E-state index contributed by atoms with van der Waals surface area (Å²) in [7, 11) is 3.06. The first kappa shape index (κ1) is 17.0. The van der Waals surface area contributed by atoms with Gasteiger partial charge in [-0.25, -0.2) is 9.97 Å². The van der Waals surface area contributed by atoms with E-state index in [4.69, 9.17) is 9.47 Å². The number of nitrogens with zero attached hydrogens (tertiary/aromatic N) is 2. The molecule has 1 aliphatic carbocycles. The minimum Gasteiger partial charge on any atom is -0.497 e. The van der Waals surface area contributed by atoms with Crippen LogP contribution in [-0.4, -0.2) is 42.0 Å². The summed E-state index contributed by atoms with van der Waals surface area (Å²) in [5.74, 6) is 0.385. The van der Waals surface area contributed by atoms with Gasteiger partial charge in [0.25, 0.3) is 0 Å². The van der Waals surface area contributed by atoms with E-state index in [2.05, 4.69) is 15.3 Å². The van der Waals surface area contributed by atoms with Crippen molar-refractivity contribution in [2.75, 3.05) is 25.8 Å². The van der Waals surface area contributed by atoms with Crippen LogP contribution in [0.1, 0.15) is 21.0 Å². The lowest BCUT2D eigenvalue weighted by atomic mass is 10.0. The zero-order valence-electron chi connectivity index (χ0n) is 13.8. The highest BCUT2D eigenvalue weighted by molar-refractivity contribution is 8.03. The maximum atomic E-state index is 12.8. The van der Waals surface area contributed by atoms with Crippen molar-refractivity contribution in [3.8, 4) is 11.5 Å². The lowest BCUT2D eigenvalue weighted by Gasteiger charge is -2.20. The number of nitrogens with one attached hydrogen (secondary N) is 1. The van der Waals surface area contributed by atoms with Crippen molar-refractivity contribution in [1.82, 2.24) is 9.97 Å². The van der Waals surface area contributed by atoms with Crippen LogP contribution in [0.25, 0.3) is 0 Å². The number of rotatable bonds is 5. The van der Waals surface area contributed by atoms with Crippen molar-refractivity contribution < 1.29 is 19.1 Å². The third-order valence-corrected chi connectivity index (χ3v) is 4.46. The van der Waals surface area contributed by atoms with Gasteiger partial charge in [-0.2, -0.15) is 0 Å². The number of ether oxygens (including phenoxy) is 2. The Hall–Kier alpha value is -2.87. The van der Waals surface area contributed by atoms with Crippen molar-refractivity contribution in [2.45, 2.75) is 0 Å². The number of fused-ring (bicyclic) bond motifs is 1. The first-order valence-corrected chi connectivity index (χ1v) is 8.51. The van der Waals surface area contributed by atoms with Crippen molar-refractivity contribution >= 4 is 29.0 Å². The number of allylic oxidation sites excluding steroid dienone is 2. The van der Waals surface area contributed by atoms with E-state index in [1.165, 1.54) is 31.3 Å². The van der Waals surface area contributed by atoms with Gasteiger partial charge in [-0.05, 0) is 18.4 Å². The smallest absolute Gasteiger partial charge is 0.231 e.